The second-order valence-electron chi connectivity index (χ2n) is 3.65. The molecule has 2 heterocycles. The lowest BCUT2D eigenvalue weighted by Gasteiger charge is -2.12. The Morgan fingerprint density at radius 2 is 2.25 bits per heavy atom. The SMILES string of the molecule is CNC(Cc1nc(C)cs1)c1snnc1C. The van der Waals surface area contributed by atoms with E-state index in [1.165, 1.54) is 16.4 Å². The zero-order valence-corrected chi connectivity index (χ0v) is 11.2. The van der Waals surface area contributed by atoms with E-state index in [2.05, 4.69) is 25.3 Å². The van der Waals surface area contributed by atoms with Gasteiger partial charge in [-0.2, -0.15) is 0 Å². The van der Waals surface area contributed by atoms with Gasteiger partial charge in [0, 0.05) is 17.5 Å². The summed E-state index contributed by atoms with van der Waals surface area (Å²) in [4.78, 5) is 5.68. The highest BCUT2D eigenvalue weighted by atomic mass is 32.1. The van der Waals surface area contributed by atoms with Crippen LogP contribution in [-0.2, 0) is 6.42 Å². The highest BCUT2D eigenvalue weighted by molar-refractivity contribution is 7.09. The average molecular weight is 254 g/mol. The Labute approximate surface area is 103 Å². The number of likely N-dealkylation sites (N-methyl/N-ethyl adjacent to an activating group) is 1. The van der Waals surface area contributed by atoms with Crippen LogP contribution in [0.3, 0.4) is 0 Å². The number of nitrogens with one attached hydrogen (secondary N) is 1. The molecule has 0 aliphatic rings. The van der Waals surface area contributed by atoms with Crippen molar-refractivity contribution in [2.24, 2.45) is 0 Å². The largest absolute Gasteiger partial charge is 0.312 e. The molecular formula is C10H14N4S2. The van der Waals surface area contributed by atoms with Gasteiger partial charge in [0.25, 0.3) is 0 Å². The van der Waals surface area contributed by atoms with Crippen molar-refractivity contribution in [3.8, 4) is 0 Å². The maximum Gasteiger partial charge on any atom is 0.0947 e. The highest BCUT2D eigenvalue weighted by Gasteiger charge is 2.17. The summed E-state index contributed by atoms with van der Waals surface area (Å²) in [6.07, 6.45) is 0.902. The first-order valence-electron chi connectivity index (χ1n) is 5.08. The quantitative estimate of drug-likeness (QED) is 0.908. The van der Waals surface area contributed by atoms with Crippen molar-refractivity contribution in [3.05, 3.63) is 26.7 Å². The summed E-state index contributed by atoms with van der Waals surface area (Å²) in [7, 11) is 1.96. The highest BCUT2D eigenvalue weighted by Crippen LogP contribution is 2.24. The van der Waals surface area contributed by atoms with Gasteiger partial charge in [-0.05, 0) is 32.4 Å². The van der Waals surface area contributed by atoms with Crippen LogP contribution in [0.4, 0.5) is 0 Å². The second-order valence-corrected chi connectivity index (χ2v) is 5.38. The molecule has 4 nitrogen and oxygen atoms in total. The Kier molecular flexibility index (Phi) is 3.63. The van der Waals surface area contributed by atoms with E-state index in [1.807, 2.05) is 20.9 Å². The van der Waals surface area contributed by atoms with Crippen LogP contribution in [0.5, 0.6) is 0 Å². The van der Waals surface area contributed by atoms with Gasteiger partial charge in [-0.25, -0.2) is 4.98 Å². The van der Waals surface area contributed by atoms with Crippen molar-refractivity contribution in [3.63, 3.8) is 0 Å². The molecule has 16 heavy (non-hydrogen) atoms. The molecule has 1 unspecified atom stereocenters. The van der Waals surface area contributed by atoms with Crippen molar-refractivity contribution in [2.75, 3.05) is 7.05 Å². The zero-order chi connectivity index (χ0) is 11.5. The lowest BCUT2D eigenvalue weighted by atomic mass is 10.1. The minimum atomic E-state index is 0.269. The molecule has 6 heteroatoms. The van der Waals surface area contributed by atoms with Gasteiger partial charge in [0.2, 0.25) is 0 Å². The van der Waals surface area contributed by atoms with Crippen LogP contribution in [-0.4, -0.2) is 21.6 Å². The van der Waals surface area contributed by atoms with E-state index < -0.39 is 0 Å². The molecule has 2 rings (SSSR count). The lowest BCUT2D eigenvalue weighted by molar-refractivity contribution is 0.595. The Balaban J connectivity index is 2.15. The molecule has 0 saturated heterocycles. The van der Waals surface area contributed by atoms with Crippen molar-refractivity contribution < 1.29 is 0 Å². The van der Waals surface area contributed by atoms with Crippen molar-refractivity contribution in [2.45, 2.75) is 26.3 Å². The molecule has 1 atom stereocenters. The Morgan fingerprint density at radius 3 is 2.75 bits per heavy atom. The molecule has 86 valence electrons. The van der Waals surface area contributed by atoms with Gasteiger partial charge in [0.05, 0.1) is 21.6 Å². The lowest BCUT2D eigenvalue weighted by Crippen LogP contribution is -2.18. The predicted octanol–water partition coefficient (Wildman–Crippen LogP) is 2.11. The number of nitrogens with zero attached hydrogens (tertiary/aromatic N) is 3. The van der Waals surface area contributed by atoms with Crippen molar-refractivity contribution in [1.82, 2.24) is 19.9 Å². The molecule has 0 aromatic carbocycles. The van der Waals surface area contributed by atoms with E-state index in [4.69, 9.17) is 0 Å². The van der Waals surface area contributed by atoms with E-state index in [-0.39, 0.29) is 6.04 Å². The third-order valence-corrected chi connectivity index (χ3v) is 4.33. The fourth-order valence-electron chi connectivity index (χ4n) is 1.55. The molecule has 1 N–H and O–H groups in total. The summed E-state index contributed by atoms with van der Waals surface area (Å²) in [6.45, 7) is 4.02. The fourth-order valence-corrected chi connectivity index (χ4v) is 3.13. The van der Waals surface area contributed by atoms with Crippen LogP contribution < -0.4 is 5.32 Å². The summed E-state index contributed by atoms with van der Waals surface area (Å²) in [6, 6.07) is 0.269. The van der Waals surface area contributed by atoms with Crippen molar-refractivity contribution in [1.29, 1.82) is 0 Å². The summed E-state index contributed by atoms with van der Waals surface area (Å²) >= 11 is 3.17. The number of rotatable bonds is 4. The summed E-state index contributed by atoms with van der Waals surface area (Å²) in [5.41, 5.74) is 2.10. The Morgan fingerprint density at radius 1 is 1.44 bits per heavy atom. The van der Waals surface area contributed by atoms with Crippen LogP contribution in [0.15, 0.2) is 5.38 Å². The van der Waals surface area contributed by atoms with Crippen LogP contribution in [0, 0.1) is 13.8 Å². The van der Waals surface area contributed by atoms with Gasteiger partial charge < -0.3 is 5.32 Å². The third-order valence-electron chi connectivity index (χ3n) is 2.40. The van der Waals surface area contributed by atoms with Crippen LogP contribution >= 0.6 is 22.9 Å². The minimum Gasteiger partial charge on any atom is -0.312 e. The number of aromatic nitrogens is 3. The standard InChI is InChI=1S/C10H14N4S2/c1-6-5-15-9(12-6)4-8(11-3)10-7(2)13-14-16-10/h5,8,11H,4H2,1-3H3. The molecule has 0 radical (unpaired) electrons. The van der Waals surface area contributed by atoms with Crippen LogP contribution in [0.1, 0.15) is 27.3 Å². The van der Waals surface area contributed by atoms with E-state index in [0.29, 0.717) is 0 Å². The molecular weight excluding hydrogens is 240 g/mol. The van der Waals surface area contributed by atoms with E-state index in [0.717, 1.165) is 22.8 Å². The molecule has 0 spiro atoms. The number of hydrogen-bond donors (Lipinski definition) is 1. The molecule has 2 aromatic rings. The van der Waals surface area contributed by atoms with Crippen molar-refractivity contribution >= 4 is 22.9 Å². The van der Waals surface area contributed by atoms with E-state index >= 15 is 0 Å². The van der Waals surface area contributed by atoms with Gasteiger partial charge in [-0.1, -0.05) is 4.49 Å². The molecule has 0 aliphatic carbocycles. The zero-order valence-electron chi connectivity index (χ0n) is 9.52. The fraction of sp³-hybridized carbons (Fsp3) is 0.500. The molecule has 0 aliphatic heterocycles. The molecule has 0 saturated carbocycles. The molecule has 0 amide bonds. The maximum atomic E-state index is 4.48. The average Bonchev–Trinajstić information content (AvgIpc) is 2.84. The number of thiazole rings is 1. The summed E-state index contributed by atoms with van der Waals surface area (Å²) < 4.78 is 3.97. The van der Waals surface area contributed by atoms with E-state index in [9.17, 15) is 0 Å². The maximum absolute atomic E-state index is 4.48. The second kappa shape index (κ2) is 4.99. The van der Waals surface area contributed by atoms with Crippen LogP contribution in [0.2, 0.25) is 0 Å². The number of hydrogen-bond acceptors (Lipinski definition) is 6. The first-order chi connectivity index (χ1) is 7.70. The molecule has 0 fully saturated rings. The third kappa shape index (κ3) is 2.45. The molecule has 0 bridgehead atoms. The van der Waals surface area contributed by atoms with Gasteiger partial charge in [-0.3, -0.25) is 0 Å². The summed E-state index contributed by atoms with van der Waals surface area (Å²) in [5, 5.41) is 10.6. The van der Waals surface area contributed by atoms with Gasteiger partial charge in [0.1, 0.15) is 0 Å². The van der Waals surface area contributed by atoms with Gasteiger partial charge in [-0.15, -0.1) is 16.4 Å². The van der Waals surface area contributed by atoms with Crippen LogP contribution in [0.25, 0.3) is 0 Å². The van der Waals surface area contributed by atoms with Gasteiger partial charge in [0.15, 0.2) is 0 Å². The van der Waals surface area contributed by atoms with E-state index in [1.54, 1.807) is 11.3 Å². The first-order valence-corrected chi connectivity index (χ1v) is 6.73. The monoisotopic (exact) mass is 254 g/mol. The summed E-state index contributed by atoms with van der Waals surface area (Å²) in [5.74, 6) is 0. The predicted molar refractivity (Wildman–Crippen MR) is 67.0 cm³/mol. The Hall–Kier alpha value is -0.850. The Bertz CT molecular complexity index is 463. The first kappa shape index (κ1) is 11.6. The minimum absolute atomic E-state index is 0.269. The normalized spacial score (nSPS) is 12.9. The smallest absolute Gasteiger partial charge is 0.0947 e. The molecule has 2 aromatic heterocycles. The topological polar surface area (TPSA) is 50.7 Å². The van der Waals surface area contributed by atoms with Gasteiger partial charge >= 0.3 is 0 Å². The number of aryl methyl sites for hydroxylation is 2.